The van der Waals surface area contributed by atoms with Gasteiger partial charge in [0.1, 0.15) is 33.6 Å². The molecule has 26 nitrogen and oxygen atoms in total. The minimum Gasteiger partial charge on any atom is -0.460 e. The average Bonchev–Trinajstić information content (AvgIpc) is 0.982. The number of rotatable bonds is 60. The number of aliphatic hydroxyl groups excluding tert-OH is 2. The Morgan fingerprint density at radius 3 is 0.650 bits per heavy atom. The van der Waals surface area contributed by atoms with E-state index in [9.17, 15) is 28.8 Å². The Hall–Kier alpha value is -2.58. The third kappa shape index (κ3) is 173. The molecule has 0 bridgehead atoms. The highest BCUT2D eigenvalue weighted by Gasteiger charge is 2.20. The van der Waals surface area contributed by atoms with Gasteiger partial charge in [-0.3, -0.25) is 19.2 Å². The molecule has 0 aromatic heterocycles. The predicted octanol–water partition coefficient (Wildman–Crippen LogP) is 19.9. The van der Waals surface area contributed by atoms with Crippen molar-refractivity contribution in [1.29, 1.82) is 10.5 Å². The van der Waals surface area contributed by atoms with Crippen molar-refractivity contribution >= 4 is 127 Å². The van der Waals surface area contributed by atoms with Crippen molar-refractivity contribution in [3.63, 3.8) is 0 Å². The molecule has 0 saturated heterocycles. The maximum Gasteiger partial charge on any atom is 0.330 e. The molecule has 0 heterocycles. The van der Waals surface area contributed by atoms with E-state index in [1.807, 2.05) is 125 Å². The second-order valence-electron chi connectivity index (χ2n) is 31.3. The van der Waals surface area contributed by atoms with Gasteiger partial charge < -0.3 is 86.0 Å². The van der Waals surface area contributed by atoms with E-state index in [4.69, 9.17) is 143 Å². The number of aliphatic hydroxyl groups is 2. The Labute approximate surface area is 775 Å². The molecule has 0 atom stereocenters. The summed E-state index contributed by atoms with van der Waals surface area (Å²) >= 11 is 26.6. The normalized spacial score (nSPS) is 10.8. The molecule has 0 aliphatic heterocycles. The fraction of sp³-hybridized carbons (Fsp3) is 0.864. The second-order valence-corrected chi connectivity index (χ2v) is 35.0. The molecule has 0 radical (unpaired) electrons. The maximum absolute atomic E-state index is 11.4. The summed E-state index contributed by atoms with van der Waals surface area (Å²) in [6, 6.07) is 3.50. The van der Waals surface area contributed by atoms with E-state index in [0.717, 1.165) is 184 Å². The Balaban J connectivity index is -0.000000145. The van der Waals surface area contributed by atoms with Crippen molar-refractivity contribution in [2.24, 2.45) is 0 Å². The fourth-order valence-corrected chi connectivity index (χ4v) is 8.54. The number of hydrogen-bond acceptors (Lipinski definition) is 26. The van der Waals surface area contributed by atoms with Crippen molar-refractivity contribution < 1.29 is 115 Å². The summed E-state index contributed by atoms with van der Waals surface area (Å²) in [5, 5.41) is 31.4. The maximum atomic E-state index is 11.4. The van der Waals surface area contributed by atoms with Crippen LogP contribution in [0.2, 0.25) is 0 Å². The van der Waals surface area contributed by atoms with Crippen molar-refractivity contribution in [3.05, 3.63) is 25.3 Å². The van der Waals surface area contributed by atoms with E-state index in [1.54, 1.807) is 12.1 Å². The average molecular weight is 2030 g/mol. The summed E-state index contributed by atoms with van der Waals surface area (Å²) in [7, 11) is 0. The standard InChI is InChI=1S/C15H29ClO4.C15H29IO4.C13H25ClO4.C13H25IO4.C8H17ClO2.2C7H12O2.C6H13ClO2.2C2H3N/c2*1-15(2,3)20-14(17)8-13-19-12-7-6-11-18-10-5-4-9-16;2*1-13(2,3)18-12(15)6-11-17-10-5-9-16-8-4-7-14;9-5-1-3-7-11-8-4-2-6-10;2*1-5-6(8)9-7(2,3)4;7-3-1-5-9-6-2-4-8;2*1-2-3/h2*4-13H2,1-3H3;2*4-11H2,1-3H3;10H,1-8H2;2*5H,1H2,2-4H3;8H,1-6H2;2*1H3. The predicted molar refractivity (Wildman–Crippen MR) is 503 cm³/mol. The zero-order chi connectivity index (χ0) is 94.0. The van der Waals surface area contributed by atoms with Crippen LogP contribution in [0.25, 0.3) is 0 Å². The van der Waals surface area contributed by atoms with Crippen LogP contribution in [0.5, 0.6) is 0 Å². The molecule has 0 fully saturated rings. The summed E-state index contributed by atoms with van der Waals surface area (Å²) in [6.45, 7) is 56.4. The number of halogens is 6. The quantitative estimate of drug-likeness (QED) is 0.0143. The van der Waals surface area contributed by atoms with Crippen LogP contribution in [0.3, 0.4) is 0 Å². The van der Waals surface area contributed by atoms with Crippen LogP contribution in [0.1, 0.15) is 280 Å². The first-order valence-corrected chi connectivity index (χ1v) is 47.1. The molecule has 0 spiro atoms. The molecular weight excluding hydrogens is 1860 g/mol. The topological polar surface area (TPSA) is 338 Å². The molecule has 0 amide bonds. The van der Waals surface area contributed by atoms with Gasteiger partial charge in [-0.2, -0.15) is 10.5 Å². The number of hydrogen-bond donors (Lipinski definition) is 2. The molecule has 32 heteroatoms. The van der Waals surface area contributed by atoms with Gasteiger partial charge in [-0.1, -0.05) is 58.3 Å². The van der Waals surface area contributed by atoms with Gasteiger partial charge in [-0.25, -0.2) is 9.59 Å². The van der Waals surface area contributed by atoms with Gasteiger partial charge in [0.2, 0.25) is 0 Å². The lowest BCUT2D eigenvalue weighted by Gasteiger charge is -2.19. The number of nitriles is 2. The van der Waals surface area contributed by atoms with E-state index in [2.05, 4.69) is 58.3 Å². The van der Waals surface area contributed by atoms with E-state index < -0.39 is 33.6 Å². The van der Waals surface area contributed by atoms with Crippen LogP contribution in [0.15, 0.2) is 25.3 Å². The first kappa shape index (κ1) is 138. The molecule has 0 aliphatic rings. The minimum absolute atomic E-state index is 0.198. The molecule has 120 heavy (non-hydrogen) atoms. The highest BCUT2D eigenvalue weighted by molar-refractivity contribution is 14.1. The lowest BCUT2D eigenvalue weighted by Crippen LogP contribution is -2.24. The van der Waals surface area contributed by atoms with Crippen LogP contribution in [-0.4, -0.2) is 257 Å². The number of nitrogens with zero attached hydrogens (tertiary/aromatic N) is 2. The highest BCUT2D eigenvalue weighted by atomic mass is 127. The number of alkyl halides is 6. The smallest absolute Gasteiger partial charge is 0.330 e. The van der Waals surface area contributed by atoms with Crippen molar-refractivity contribution in [2.75, 3.05) is 178 Å². The highest BCUT2D eigenvalue weighted by Crippen LogP contribution is 2.13. The molecule has 2 N–H and O–H groups in total. The minimum atomic E-state index is -0.423. The molecule has 0 saturated carbocycles. The SMILES string of the molecule is C=CC(=O)OC(C)(C)C.C=CC(=O)OC(C)(C)C.CC#N.CC#N.CC(C)(C)OC(=O)CCOCCCCOCCCCCl.CC(C)(C)OC(=O)CCOCCCCOCCCCI.CC(C)(C)OC(=O)CCOCCCOCCCCl.CC(C)(C)OC(=O)CCOCCCOCCCI.OCCCCOCCCCCl.OCCCOCCCCl. The lowest BCUT2D eigenvalue weighted by atomic mass is 10.2. The van der Waals surface area contributed by atoms with Crippen LogP contribution in [0, 0.1) is 22.7 Å². The lowest BCUT2D eigenvalue weighted by molar-refractivity contribution is -0.157. The number of ether oxygens (including phenoxy) is 16. The summed E-state index contributed by atoms with van der Waals surface area (Å²) in [4.78, 5) is 66.4. The van der Waals surface area contributed by atoms with Crippen LogP contribution in [-0.2, 0) is 105 Å². The van der Waals surface area contributed by atoms with Crippen LogP contribution in [0.4, 0.5) is 0 Å². The first-order valence-electron chi connectivity index (χ1n) is 41.9. The Morgan fingerprint density at radius 2 is 0.458 bits per heavy atom. The zero-order valence-electron chi connectivity index (χ0n) is 78.0. The number of carbonyl (C=O) groups excluding carboxylic acids is 6. The molecule has 0 aliphatic carbocycles. The summed E-state index contributed by atoms with van der Waals surface area (Å²) in [5.41, 5.74) is -2.46. The first-order chi connectivity index (χ1) is 56.4. The number of esters is 6. The van der Waals surface area contributed by atoms with E-state index in [-0.39, 0.29) is 49.0 Å². The molecule has 0 aromatic rings. The molecule has 0 rings (SSSR count). The van der Waals surface area contributed by atoms with Gasteiger partial charge in [0.15, 0.2) is 0 Å². The summed E-state index contributed by atoms with van der Waals surface area (Å²) < 4.78 is 86.1. The number of carbonyl (C=O) groups is 6. The molecule has 0 unspecified atom stereocenters. The fourth-order valence-electron chi connectivity index (χ4n) is 7.09. The van der Waals surface area contributed by atoms with E-state index >= 15 is 0 Å². The third-order valence-electron chi connectivity index (χ3n) is 11.9. The van der Waals surface area contributed by atoms with E-state index in [1.165, 1.54) is 24.7 Å². The molecule has 716 valence electrons. The Kier molecular flexibility index (Phi) is 121. The summed E-state index contributed by atoms with van der Waals surface area (Å²) in [5.74, 6) is 1.13. The van der Waals surface area contributed by atoms with Crippen molar-refractivity contribution in [1.82, 2.24) is 0 Å². The van der Waals surface area contributed by atoms with Gasteiger partial charge in [0, 0.05) is 173 Å². The zero-order valence-corrected chi connectivity index (χ0v) is 85.3. The number of unbranched alkanes of at least 4 members (excludes halogenated alkanes) is 6. The van der Waals surface area contributed by atoms with Crippen molar-refractivity contribution in [3.8, 4) is 12.1 Å². The Morgan fingerprint density at radius 1 is 0.283 bits per heavy atom. The van der Waals surface area contributed by atoms with Crippen LogP contribution < -0.4 is 0 Å². The second kappa shape index (κ2) is 105. The van der Waals surface area contributed by atoms with Crippen LogP contribution >= 0.6 is 91.6 Å². The third-order valence-corrected chi connectivity index (χ3v) is 14.5. The van der Waals surface area contributed by atoms with E-state index in [0.29, 0.717) is 123 Å². The van der Waals surface area contributed by atoms with Gasteiger partial charge in [0.05, 0.1) is 64.2 Å². The monoisotopic (exact) mass is 2030 g/mol. The molecular formula is C88H168Cl4I2N2O24. The molecule has 0 aromatic carbocycles. The summed E-state index contributed by atoms with van der Waals surface area (Å²) in [6.07, 6.45) is 21.0. The van der Waals surface area contributed by atoms with Gasteiger partial charge in [-0.15, -0.1) is 46.4 Å². The van der Waals surface area contributed by atoms with Gasteiger partial charge >= 0.3 is 35.8 Å². The van der Waals surface area contributed by atoms with Gasteiger partial charge in [-0.05, 0) is 245 Å². The van der Waals surface area contributed by atoms with Crippen molar-refractivity contribution in [2.45, 2.75) is 313 Å². The largest absolute Gasteiger partial charge is 0.460 e. The Bertz CT molecular complexity index is 2150. The van der Waals surface area contributed by atoms with Gasteiger partial charge in [0.25, 0.3) is 0 Å².